The molecule has 76 valence electrons. The summed E-state index contributed by atoms with van der Waals surface area (Å²) in [6, 6.07) is 5.42. The molecule has 0 saturated heterocycles. The lowest BCUT2D eigenvalue weighted by Gasteiger charge is -2.10. The number of para-hydroxylation sites is 1. The molecule has 1 aromatic rings. The molecule has 0 radical (unpaired) electrons. The standard InChI is InChI=1S/C11H14O3/c1-9-4-2-5-10(8-13)11(9)14-7-3-6-12/h2,4-5,8,12H,3,6-7H2,1H3. The molecule has 0 fully saturated rings. The Labute approximate surface area is 83.3 Å². The number of carbonyl (C=O) groups is 1. The van der Waals surface area contributed by atoms with Gasteiger partial charge in [-0.15, -0.1) is 0 Å². The highest BCUT2D eigenvalue weighted by atomic mass is 16.5. The Bertz CT molecular complexity index is 307. The van der Waals surface area contributed by atoms with Crippen LogP contribution in [0.4, 0.5) is 0 Å². The molecule has 1 N–H and O–H groups in total. The fourth-order valence-electron chi connectivity index (χ4n) is 1.20. The second kappa shape index (κ2) is 5.40. The minimum Gasteiger partial charge on any atom is -0.492 e. The molecule has 1 rings (SSSR count). The van der Waals surface area contributed by atoms with Gasteiger partial charge in [-0.25, -0.2) is 0 Å². The second-order valence-electron chi connectivity index (χ2n) is 3.04. The quantitative estimate of drug-likeness (QED) is 0.571. The molecule has 0 aromatic heterocycles. The molecule has 0 aliphatic carbocycles. The Kier molecular flexibility index (Phi) is 4.13. The first-order chi connectivity index (χ1) is 6.79. The number of hydrogen-bond acceptors (Lipinski definition) is 3. The van der Waals surface area contributed by atoms with Gasteiger partial charge in [0.1, 0.15) is 5.75 Å². The van der Waals surface area contributed by atoms with Crippen molar-refractivity contribution in [3.05, 3.63) is 29.3 Å². The molecule has 0 atom stereocenters. The minimum atomic E-state index is 0.0995. The van der Waals surface area contributed by atoms with Crippen molar-refractivity contribution >= 4 is 6.29 Å². The molecular weight excluding hydrogens is 180 g/mol. The van der Waals surface area contributed by atoms with Gasteiger partial charge in [-0.3, -0.25) is 4.79 Å². The summed E-state index contributed by atoms with van der Waals surface area (Å²) in [5.41, 5.74) is 1.50. The fraction of sp³-hybridized carbons (Fsp3) is 0.364. The first-order valence-corrected chi connectivity index (χ1v) is 4.58. The van der Waals surface area contributed by atoms with E-state index in [0.29, 0.717) is 24.3 Å². The Morgan fingerprint density at radius 3 is 2.93 bits per heavy atom. The summed E-state index contributed by atoms with van der Waals surface area (Å²) in [7, 11) is 0. The predicted octanol–water partition coefficient (Wildman–Crippen LogP) is 1.57. The molecule has 3 heteroatoms. The van der Waals surface area contributed by atoms with Crippen LogP contribution < -0.4 is 4.74 Å². The van der Waals surface area contributed by atoms with Crippen molar-refractivity contribution in [3.8, 4) is 5.75 Å². The molecule has 0 spiro atoms. The van der Waals surface area contributed by atoms with Gasteiger partial charge < -0.3 is 9.84 Å². The molecule has 0 aliphatic rings. The fourth-order valence-corrected chi connectivity index (χ4v) is 1.20. The largest absolute Gasteiger partial charge is 0.492 e. The van der Waals surface area contributed by atoms with Gasteiger partial charge >= 0.3 is 0 Å². The molecule has 0 amide bonds. The van der Waals surface area contributed by atoms with Crippen LogP contribution in [0.2, 0.25) is 0 Å². The van der Waals surface area contributed by atoms with Crippen molar-refractivity contribution in [3.63, 3.8) is 0 Å². The van der Waals surface area contributed by atoms with Gasteiger partial charge in [-0.2, -0.15) is 0 Å². The lowest BCUT2D eigenvalue weighted by atomic mass is 10.1. The van der Waals surface area contributed by atoms with E-state index in [0.717, 1.165) is 11.8 Å². The van der Waals surface area contributed by atoms with Gasteiger partial charge in [0.05, 0.1) is 12.2 Å². The average molecular weight is 194 g/mol. The summed E-state index contributed by atoms with van der Waals surface area (Å²) in [6.45, 7) is 2.42. The van der Waals surface area contributed by atoms with Gasteiger partial charge in [-0.1, -0.05) is 12.1 Å². The molecule has 1 aromatic carbocycles. The maximum atomic E-state index is 10.7. The first-order valence-electron chi connectivity index (χ1n) is 4.58. The summed E-state index contributed by atoms with van der Waals surface area (Å²) in [6.07, 6.45) is 1.36. The van der Waals surface area contributed by atoms with E-state index >= 15 is 0 Å². The number of benzene rings is 1. The Balaban J connectivity index is 2.77. The number of carbonyl (C=O) groups excluding carboxylic acids is 1. The number of aliphatic hydroxyl groups excluding tert-OH is 1. The molecule has 0 bridgehead atoms. The Morgan fingerprint density at radius 1 is 1.50 bits per heavy atom. The smallest absolute Gasteiger partial charge is 0.153 e. The van der Waals surface area contributed by atoms with Crippen LogP contribution in [0.3, 0.4) is 0 Å². The van der Waals surface area contributed by atoms with Crippen LogP contribution in [0.5, 0.6) is 5.75 Å². The molecule has 0 aliphatic heterocycles. The number of rotatable bonds is 5. The highest BCUT2D eigenvalue weighted by Gasteiger charge is 2.05. The number of aryl methyl sites for hydroxylation is 1. The zero-order valence-corrected chi connectivity index (χ0v) is 8.19. The van der Waals surface area contributed by atoms with Crippen LogP contribution >= 0.6 is 0 Å². The summed E-state index contributed by atoms with van der Waals surface area (Å²) >= 11 is 0. The molecule has 14 heavy (non-hydrogen) atoms. The summed E-state index contributed by atoms with van der Waals surface area (Å²) in [4.78, 5) is 10.7. The van der Waals surface area contributed by atoms with Crippen molar-refractivity contribution in [2.75, 3.05) is 13.2 Å². The van der Waals surface area contributed by atoms with Crippen molar-refractivity contribution < 1.29 is 14.6 Å². The van der Waals surface area contributed by atoms with Gasteiger partial charge in [0, 0.05) is 13.0 Å². The van der Waals surface area contributed by atoms with E-state index in [-0.39, 0.29) is 6.61 Å². The maximum absolute atomic E-state index is 10.7. The lowest BCUT2D eigenvalue weighted by molar-refractivity contribution is 0.111. The molecule has 0 saturated carbocycles. The van der Waals surface area contributed by atoms with Gasteiger partial charge in [-0.05, 0) is 18.6 Å². The maximum Gasteiger partial charge on any atom is 0.153 e. The second-order valence-corrected chi connectivity index (χ2v) is 3.04. The third-order valence-electron chi connectivity index (χ3n) is 1.92. The molecule has 0 unspecified atom stereocenters. The van der Waals surface area contributed by atoms with Crippen LogP contribution in [0.1, 0.15) is 22.3 Å². The normalized spacial score (nSPS) is 9.86. The zero-order valence-electron chi connectivity index (χ0n) is 8.19. The van der Waals surface area contributed by atoms with Crippen molar-refractivity contribution in [2.24, 2.45) is 0 Å². The van der Waals surface area contributed by atoms with E-state index in [9.17, 15) is 4.79 Å². The van der Waals surface area contributed by atoms with Crippen molar-refractivity contribution in [1.82, 2.24) is 0 Å². The van der Waals surface area contributed by atoms with Crippen LogP contribution in [-0.4, -0.2) is 24.6 Å². The van der Waals surface area contributed by atoms with Crippen molar-refractivity contribution in [1.29, 1.82) is 0 Å². The minimum absolute atomic E-state index is 0.0995. The van der Waals surface area contributed by atoms with Gasteiger partial charge in [0.15, 0.2) is 6.29 Å². The summed E-state index contributed by atoms with van der Waals surface area (Å²) in [5, 5.41) is 8.59. The van der Waals surface area contributed by atoms with Crippen LogP contribution in [0, 0.1) is 6.92 Å². The molecular formula is C11H14O3. The topological polar surface area (TPSA) is 46.5 Å². The van der Waals surface area contributed by atoms with Crippen molar-refractivity contribution in [2.45, 2.75) is 13.3 Å². The number of ether oxygens (including phenoxy) is 1. The number of aliphatic hydroxyl groups is 1. The third-order valence-corrected chi connectivity index (χ3v) is 1.92. The first kappa shape index (κ1) is 10.7. The zero-order chi connectivity index (χ0) is 10.4. The Morgan fingerprint density at radius 2 is 2.29 bits per heavy atom. The van der Waals surface area contributed by atoms with Gasteiger partial charge in [0.25, 0.3) is 0 Å². The highest BCUT2D eigenvalue weighted by Crippen LogP contribution is 2.21. The van der Waals surface area contributed by atoms with Crippen LogP contribution in [-0.2, 0) is 0 Å². The summed E-state index contributed by atoms with van der Waals surface area (Å²) < 4.78 is 5.41. The number of hydrogen-bond donors (Lipinski definition) is 1. The molecule has 3 nitrogen and oxygen atoms in total. The monoisotopic (exact) mass is 194 g/mol. The van der Waals surface area contributed by atoms with Gasteiger partial charge in [0.2, 0.25) is 0 Å². The van der Waals surface area contributed by atoms with E-state index in [1.54, 1.807) is 6.07 Å². The SMILES string of the molecule is Cc1cccc(C=O)c1OCCCO. The number of aldehydes is 1. The summed E-state index contributed by atoms with van der Waals surface area (Å²) in [5.74, 6) is 0.621. The molecule has 0 heterocycles. The van der Waals surface area contributed by atoms with Crippen LogP contribution in [0.15, 0.2) is 18.2 Å². The predicted molar refractivity (Wildman–Crippen MR) is 53.8 cm³/mol. The lowest BCUT2D eigenvalue weighted by Crippen LogP contribution is -2.03. The third kappa shape index (κ3) is 2.57. The van der Waals surface area contributed by atoms with E-state index in [4.69, 9.17) is 9.84 Å². The van der Waals surface area contributed by atoms with E-state index < -0.39 is 0 Å². The van der Waals surface area contributed by atoms with E-state index in [1.807, 2.05) is 19.1 Å². The van der Waals surface area contributed by atoms with E-state index in [2.05, 4.69) is 0 Å². The van der Waals surface area contributed by atoms with E-state index in [1.165, 1.54) is 0 Å². The Hall–Kier alpha value is -1.35. The average Bonchev–Trinajstić information content (AvgIpc) is 2.20. The highest BCUT2D eigenvalue weighted by molar-refractivity contribution is 5.80. The van der Waals surface area contributed by atoms with Crippen LogP contribution in [0.25, 0.3) is 0 Å².